The molecule has 2 unspecified atom stereocenters. The molecule has 0 bridgehead atoms. The topological polar surface area (TPSA) is 96.5 Å². The van der Waals surface area contributed by atoms with E-state index in [1.807, 2.05) is 11.8 Å². The van der Waals surface area contributed by atoms with Crippen molar-refractivity contribution in [2.24, 2.45) is 0 Å². The monoisotopic (exact) mass is 415 g/mol. The van der Waals surface area contributed by atoms with Gasteiger partial charge in [0.2, 0.25) is 5.91 Å². The maximum absolute atomic E-state index is 12.1. The highest BCUT2D eigenvalue weighted by Crippen LogP contribution is 2.13. The van der Waals surface area contributed by atoms with Gasteiger partial charge >= 0.3 is 5.97 Å². The molecule has 0 saturated carbocycles. The molecule has 2 atom stereocenters. The highest BCUT2D eigenvalue weighted by molar-refractivity contribution is 7.99. The number of hydrogen-bond donors (Lipinski definition) is 3. The lowest BCUT2D eigenvalue weighted by Gasteiger charge is -2.22. The second-order valence-electron chi connectivity index (χ2n) is 6.00. The lowest BCUT2D eigenvalue weighted by molar-refractivity contribution is -0.144. The molecule has 9 heteroatoms. The number of ether oxygens (including phenoxy) is 1. The van der Waals surface area contributed by atoms with Gasteiger partial charge < -0.3 is 20.7 Å². The van der Waals surface area contributed by atoms with E-state index in [2.05, 4.69) is 16.0 Å². The van der Waals surface area contributed by atoms with Crippen molar-refractivity contribution in [1.29, 1.82) is 0 Å². The van der Waals surface area contributed by atoms with Crippen LogP contribution in [-0.4, -0.2) is 54.5 Å². The molecule has 0 aliphatic carbocycles. The summed E-state index contributed by atoms with van der Waals surface area (Å²) < 4.78 is 4.86. The summed E-state index contributed by atoms with van der Waals surface area (Å²) in [5.41, 5.74) is 1.04. The Bertz CT molecular complexity index is 636. The first-order chi connectivity index (χ1) is 12.5. The Kier molecular flexibility index (Phi) is 10.2. The van der Waals surface area contributed by atoms with Gasteiger partial charge in [-0.3, -0.25) is 9.59 Å². The highest BCUT2D eigenvalue weighted by Gasteiger charge is 2.18. The molecular weight excluding hydrogens is 390 g/mol. The van der Waals surface area contributed by atoms with Gasteiger partial charge in [0.15, 0.2) is 0 Å². The summed E-state index contributed by atoms with van der Waals surface area (Å²) in [5, 5.41) is 8.74. The summed E-state index contributed by atoms with van der Waals surface area (Å²) in [6, 6.07) is 6.04. The fourth-order valence-electron chi connectivity index (χ4n) is 2.50. The lowest BCUT2D eigenvalue weighted by Crippen LogP contribution is -2.40. The first-order valence-corrected chi connectivity index (χ1v) is 9.83. The predicted octanol–water partition coefficient (Wildman–Crippen LogP) is 1.82. The molecule has 0 aromatic heterocycles. The largest absolute Gasteiger partial charge is 0.464 e. The number of carbonyl (C=O) groups is 3. The van der Waals surface area contributed by atoms with Crippen molar-refractivity contribution < 1.29 is 19.1 Å². The summed E-state index contributed by atoms with van der Waals surface area (Å²) >= 11 is 1.85. The SMILES string of the molecule is CCOC(=O)C(C)NC(=O)c1ccc(NC(=O)CC2CSCCN2)cc1.Cl. The quantitative estimate of drug-likeness (QED) is 0.588. The molecule has 7 nitrogen and oxygen atoms in total. The molecule has 27 heavy (non-hydrogen) atoms. The molecule has 1 aromatic carbocycles. The van der Waals surface area contributed by atoms with Gasteiger partial charge in [0.05, 0.1) is 6.61 Å². The number of thioether (sulfide) groups is 1. The number of halogens is 1. The Morgan fingerprint density at radius 2 is 2.00 bits per heavy atom. The number of hydrogen-bond acceptors (Lipinski definition) is 6. The number of anilines is 1. The average molecular weight is 416 g/mol. The van der Waals surface area contributed by atoms with Crippen LogP contribution in [0.15, 0.2) is 24.3 Å². The summed E-state index contributed by atoms with van der Waals surface area (Å²) in [5.74, 6) is 1.12. The molecule has 0 radical (unpaired) electrons. The van der Waals surface area contributed by atoms with Crippen molar-refractivity contribution in [2.45, 2.75) is 32.4 Å². The number of rotatable bonds is 7. The van der Waals surface area contributed by atoms with Gasteiger partial charge in [-0.1, -0.05) is 0 Å². The summed E-state index contributed by atoms with van der Waals surface area (Å²) in [4.78, 5) is 35.8. The molecule has 2 amide bonds. The first kappa shape index (κ1) is 23.3. The van der Waals surface area contributed by atoms with E-state index in [1.165, 1.54) is 0 Å². The lowest BCUT2D eigenvalue weighted by atomic mass is 10.1. The third-order valence-electron chi connectivity index (χ3n) is 3.85. The van der Waals surface area contributed by atoms with E-state index >= 15 is 0 Å². The molecule has 0 spiro atoms. The second-order valence-corrected chi connectivity index (χ2v) is 7.15. The van der Waals surface area contributed by atoms with Crippen LogP contribution in [0, 0.1) is 0 Å². The van der Waals surface area contributed by atoms with Gasteiger partial charge in [-0.15, -0.1) is 12.4 Å². The molecule has 1 saturated heterocycles. The Morgan fingerprint density at radius 1 is 1.30 bits per heavy atom. The van der Waals surface area contributed by atoms with Crippen molar-refractivity contribution in [3.63, 3.8) is 0 Å². The van der Waals surface area contributed by atoms with Crippen molar-refractivity contribution >= 4 is 47.6 Å². The Labute approximate surface area is 169 Å². The molecule has 150 valence electrons. The predicted molar refractivity (Wildman–Crippen MR) is 110 cm³/mol. The van der Waals surface area contributed by atoms with Crippen LogP contribution in [0.2, 0.25) is 0 Å². The van der Waals surface area contributed by atoms with Gasteiger partial charge in [0, 0.05) is 41.8 Å². The van der Waals surface area contributed by atoms with E-state index in [0.717, 1.165) is 18.1 Å². The smallest absolute Gasteiger partial charge is 0.328 e. The number of nitrogens with one attached hydrogen (secondary N) is 3. The van der Waals surface area contributed by atoms with E-state index in [9.17, 15) is 14.4 Å². The highest BCUT2D eigenvalue weighted by atomic mass is 35.5. The maximum atomic E-state index is 12.1. The van der Waals surface area contributed by atoms with E-state index in [1.54, 1.807) is 38.1 Å². The van der Waals surface area contributed by atoms with Crippen LogP contribution in [-0.2, 0) is 14.3 Å². The number of benzene rings is 1. The fraction of sp³-hybridized carbons (Fsp3) is 0.500. The molecule has 1 fully saturated rings. The van der Waals surface area contributed by atoms with E-state index in [4.69, 9.17) is 4.74 Å². The molecule has 1 aliphatic rings. The van der Waals surface area contributed by atoms with Crippen LogP contribution in [0.3, 0.4) is 0 Å². The minimum Gasteiger partial charge on any atom is -0.464 e. The first-order valence-electron chi connectivity index (χ1n) is 8.68. The minimum absolute atomic E-state index is 0. The normalized spacial score (nSPS) is 17.2. The van der Waals surface area contributed by atoms with Crippen LogP contribution in [0.5, 0.6) is 0 Å². The molecule has 1 aliphatic heterocycles. The van der Waals surface area contributed by atoms with E-state index in [-0.39, 0.29) is 36.9 Å². The average Bonchev–Trinajstić information content (AvgIpc) is 2.63. The van der Waals surface area contributed by atoms with Gasteiger partial charge in [-0.05, 0) is 38.1 Å². The van der Waals surface area contributed by atoms with Gasteiger partial charge in [0.1, 0.15) is 6.04 Å². The fourth-order valence-corrected chi connectivity index (χ4v) is 3.45. The number of carbonyl (C=O) groups excluding carboxylic acids is 3. The summed E-state index contributed by atoms with van der Waals surface area (Å²) in [6.07, 6.45) is 0.423. The Morgan fingerprint density at radius 3 is 2.59 bits per heavy atom. The number of amides is 2. The zero-order chi connectivity index (χ0) is 18.9. The summed E-state index contributed by atoms with van der Waals surface area (Å²) in [6.45, 7) is 4.48. The molecular formula is C18H26ClN3O4S. The zero-order valence-electron chi connectivity index (χ0n) is 15.4. The molecule has 1 heterocycles. The third kappa shape index (κ3) is 7.78. The van der Waals surface area contributed by atoms with Crippen molar-refractivity contribution in [1.82, 2.24) is 10.6 Å². The van der Waals surface area contributed by atoms with Gasteiger partial charge in [0.25, 0.3) is 5.91 Å². The molecule has 2 rings (SSSR count). The maximum Gasteiger partial charge on any atom is 0.328 e. The summed E-state index contributed by atoms with van der Waals surface area (Å²) in [7, 11) is 0. The second kappa shape index (κ2) is 11.8. The standard InChI is InChI=1S/C18H25N3O4S.ClH/c1-3-25-18(24)12(2)20-17(23)13-4-6-14(7-5-13)21-16(22)10-15-11-26-9-8-19-15;/h4-7,12,15,19H,3,8-11H2,1-2H3,(H,20,23)(H,21,22);1H. The van der Waals surface area contributed by atoms with E-state index < -0.39 is 12.0 Å². The third-order valence-corrected chi connectivity index (χ3v) is 4.98. The van der Waals surface area contributed by atoms with Crippen LogP contribution < -0.4 is 16.0 Å². The van der Waals surface area contributed by atoms with E-state index in [0.29, 0.717) is 17.7 Å². The van der Waals surface area contributed by atoms with Crippen molar-refractivity contribution in [3.8, 4) is 0 Å². The van der Waals surface area contributed by atoms with Crippen molar-refractivity contribution in [2.75, 3.05) is 30.0 Å². The zero-order valence-corrected chi connectivity index (χ0v) is 17.1. The van der Waals surface area contributed by atoms with Crippen LogP contribution in [0.1, 0.15) is 30.6 Å². The van der Waals surface area contributed by atoms with Crippen molar-refractivity contribution in [3.05, 3.63) is 29.8 Å². The Hall–Kier alpha value is -1.77. The Balaban J connectivity index is 0.00000364. The molecule has 1 aromatic rings. The van der Waals surface area contributed by atoms with Crippen LogP contribution in [0.25, 0.3) is 0 Å². The van der Waals surface area contributed by atoms with Crippen LogP contribution in [0.4, 0.5) is 5.69 Å². The molecule has 3 N–H and O–H groups in total. The van der Waals surface area contributed by atoms with Crippen LogP contribution >= 0.6 is 24.2 Å². The minimum atomic E-state index is -0.720. The van der Waals surface area contributed by atoms with Gasteiger partial charge in [-0.25, -0.2) is 4.79 Å². The van der Waals surface area contributed by atoms with Gasteiger partial charge in [-0.2, -0.15) is 11.8 Å². The number of esters is 1.